The van der Waals surface area contributed by atoms with Gasteiger partial charge in [0.15, 0.2) is 0 Å². The van der Waals surface area contributed by atoms with Gasteiger partial charge in [-0.3, -0.25) is 9.59 Å². The number of H-pyrrole nitrogens is 1. The number of piperidine rings is 1. The molecule has 7 nitrogen and oxygen atoms in total. The summed E-state index contributed by atoms with van der Waals surface area (Å²) in [5.41, 5.74) is 8.16. The lowest BCUT2D eigenvalue weighted by atomic mass is 10.0. The number of nitrogens with one attached hydrogen (secondary N) is 2. The Hall–Kier alpha value is -2.61. The van der Waals surface area contributed by atoms with Crippen LogP contribution in [0.1, 0.15) is 58.8 Å². The number of nitrogens with zero attached hydrogens (tertiary/aromatic N) is 2. The zero-order valence-corrected chi connectivity index (χ0v) is 19.2. The number of amides is 2. The van der Waals surface area contributed by atoms with E-state index in [-0.39, 0.29) is 28.9 Å². The number of nitrogens with two attached hydrogens (primary N) is 1. The third kappa shape index (κ3) is 4.60. The van der Waals surface area contributed by atoms with E-state index in [1.54, 1.807) is 29.2 Å². The van der Waals surface area contributed by atoms with Gasteiger partial charge in [-0.15, -0.1) is 0 Å². The van der Waals surface area contributed by atoms with Crippen LogP contribution in [0.4, 0.5) is 0 Å². The second-order valence-corrected chi connectivity index (χ2v) is 8.90. The van der Waals surface area contributed by atoms with Crippen molar-refractivity contribution >= 4 is 46.0 Å². The van der Waals surface area contributed by atoms with Gasteiger partial charge in [-0.1, -0.05) is 23.2 Å². The van der Waals surface area contributed by atoms with Crippen molar-refractivity contribution in [2.45, 2.75) is 38.3 Å². The van der Waals surface area contributed by atoms with Crippen molar-refractivity contribution in [2.75, 3.05) is 13.1 Å². The highest BCUT2D eigenvalue weighted by Crippen LogP contribution is 2.25. The van der Waals surface area contributed by atoms with Gasteiger partial charge in [0, 0.05) is 29.7 Å². The Kier molecular flexibility index (Phi) is 6.69. The summed E-state index contributed by atoms with van der Waals surface area (Å²) < 4.78 is 0. The minimum Gasteiger partial charge on any atom is -0.342 e. The summed E-state index contributed by atoms with van der Waals surface area (Å²) in [6.45, 7) is 2.93. The predicted octanol–water partition coefficient (Wildman–Crippen LogP) is 4.31. The van der Waals surface area contributed by atoms with Crippen LogP contribution in [0.15, 0.2) is 36.4 Å². The number of hydrogen-bond acceptors (Lipinski definition) is 4. The number of fused-ring (bicyclic) bond motifs is 1. The van der Waals surface area contributed by atoms with Crippen molar-refractivity contribution in [3.05, 3.63) is 63.4 Å². The SMILES string of the molecule is CC(NC(=O)c1ccc(C(=O)N2CCCCC2CN)c(Cl)c1)c1nc2cc(Cl)ccc2[nH]1. The van der Waals surface area contributed by atoms with E-state index in [2.05, 4.69) is 15.3 Å². The van der Waals surface area contributed by atoms with Gasteiger partial charge in [-0.25, -0.2) is 4.98 Å². The molecule has 0 spiro atoms. The molecule has 32 heavy (non-hydrogen) atoms. The molecular formula is C23H25Cl2N5O2. The van der Waals surface area contributed by atoms with Crippen molar-refractivity contribution in [1.82, 2.24) is 20.2 Å². The Balaban J connectivity index is 1.48. The highest BCUT2D eigenvalue weighted by molar-refractivity contribution is 6.34. The number of likely N-dealkylation sites (tertiary alicyclic amines) is 1. The molecule has 0 bridgehead atoms. The molecule has 0 saturated carbocycles. The molecule has 1 aliphatic rings. The largest absolute Gasteiger partial charge is 0.342 e. The van der Waals surface area contributed by atoms with Crippen LogP contribution in [0.2, 0.25) is 10.0 Å². The Morgan fingerprint density at radius 3 is 2.81 bits per heavy atom. The third-order valence-electron chi connectivity index (χ3n) is 5.84. The minimum atomic E-state index is -0.368. The van der Waals surface area contributed by atoms with Crippen LogP contribution in [0.25, 0.3) is 11.0 Å². The lowest BCUT2D eigenvalue weighted by Gasteiger charge is -2.35. The minimum absolute atomic E-state index is 0.0230. The number of benzene rings is 2. The topological polar surface area (TPSA) is 104 Å². The molecule has 1 fully saturated rings. The molecule has 2 atom stereocenters. The van der Waals surface area contributed by atoms with Gasteiger partial charge in [-0.05, 0) is 62.6 Å². The monoisotopic (exact) mass is 473 g/mol. The molecule has 2 amide bonds. The summed E-state index contributed by atoms with van der Waals surface area (Å²) in [6, 6.07) is 9.78. The van der Waals surface area contributed by atoms with Crippen LogP contribution < -0.4 is 11.1 Å². The smallest absolute Gasteiger partial charge is 0.255 e. The van der Waals surface area contributed by atoms with E-state index in [4.69, 9.17) is 28.9 Å². The van der Waals surface area contributed by atoms with Gasteiger partial charge in [-0.2, -0.15) is 0 Å². The lowest BCUT2D eigenvalue weighted by molar-refractivity contribution is 0.0623. The zero-order chi connectivity index (χ0) is 22.8. The summed E-state index contributed by atoms with van der Waals surface area (Å²) in [5, 5.41) is 3.75. The number of rotatable bonds is 5. The first kappa shape index (κ1) is 22.6. The summed E-state index contributed by atoms with van der Waals surface area (Å²) >= 11 is 12.4. The maximum atomic E-state index is 13.0. The maximum Gasteiger partial charge on any atom is 0.255 e. The molecule has 0 aliphatic carbocycles. The summed E-state index contributed by atoms with van der Waals surface area (Å²) in [4.78, 5) is 35.3. The van der Waals surface area contributed by atoms with E-state index in [9.17, 15) is 9.59 Å². The van der Waals surface area contributed by atoms with Gasteiger partial charge in [0.05, 0.1) is 27.7 Å². The first-order chi connectivity index (χ1) is 15.4. The van der Waals surface area contributed by atoms with E-state index < -0.39 is 0 Å². The van der Waals surface area contributed by atoms with E-state index in [0.717, 1.165) is 30.3 Å². The van der Waals surface area contributed by atoms with E-state index in [1.807, 2.05) is 13.0 Å². The molecule has 168 valence electrons. The van der Waals surface area contributed by atoms with Gasteiger partial charge >= 0.3 is 0 Å². The molecule has 0 radical (unpaired) electrons. The first-order valence-electron chi connectivity index (χ1n) is 10.6. The molecule has 1 aliphatic heterocycles. The molecule has 2 heterocycles. The third-order valence-corrected chi connectivity index (χ3v) is 6.39. The molecule has 2 aromatic carbocycles. The number of halogens is 2. The van der Waals surface area contributed by atoms with Crippen LogP contribution >= 0.6 is 23.2 Å². The van der Waals surface area contributed by atoms with Crippen LogP contribution in [-0.4, -0.2) is 45.8 Å². The van der Waals surface area contributed by atoms with Crippen molar-refractivity contribution < 1.29 is 9.59 Å². The maximum absolute atomic E-state index is 13.0. The van der Waals surface area contributed by atoms with Crippen LogP contribution in [0.5, 0.6) is 0 Å². The zero-order valence-electron chi connectivity index (χ0n) is 17.7. The second kappa shape index (κ2) is 9.48. The highest BCUT2D eigenvalue weighted by Gasteiger charge is 2.28. The van der Waals surface area contributed by atoms with Gasteiger partial charge in [0.1, 0.15) is 5.82 Å². The fourth-order valence-electron chi connectivity index (χ4n) is 4.05. The summed E-state index contributed by atoms with van der Waals surface area (Å²) in [5.74, 6) is 0.160. The summed E-state index contributed by atoms with van der Waals surface area (Å²) in [7, 11) is 0. The van der Waals surface area contributed by atoms with Crippen molar-refractivity contribution in [1.29, 1.82) is 0 Å². The average molecular weight is 474 g/mol. The molecule has 3 aromatic rings. The predicted molar refractivity (Wildman–Crippen MR) is 126 cm³/mol. The Morgan fingerprint density at radius 1 is 1.25 bits per heavy atom. The molecule has 4 N–H and O–H groups in total. The van der Waals surface area contributed by atoms with Crippen molar-refractivity contribution in [3.8, 4) is 0 Å². The van der Waals surface area contributed by atoms with E-state index >= 15 is 0 Å². The molecule has 4 rings (SSSR count). The highest BCUT2D eigenvalue weighted by atomic mass is 35.5. The van der Waals surface area contributed by atoms with Crippen molar-refractivity contribution in [3.63, 3.8) is 0 Å². The molecular weight excluding hydrogens is 449 g/mol. The van der Waals surface area contributed by atoms with Gasteiger partial charge in [0.2, 0.25) is 0 Å². The lowest BCUT2D eigenvalue weighted by Crippen LogP contribution is -2.47. The molecule has 1 aromatic heterocycles. The number of carbonyl (C=O) groups excluding carboxylic acids is 2. The molecule has 2 unspecified atom stereocenters. The Bertz CT molecular complexity index is 1160. The quantitative estimate of drug-likeness (QED) is 0.513. The van der Waals surface area contributed by atoms with Crippen LogP contribution in [0.3, 0.4) is 0 Å². The Labute approximate surface area is 196 Å². The number of aromatic nitrogens is 2. The number of aromatic amines is 1. The van der Waals surface area contributed by atoms with E-state index in [0.29, 0.717) is 35.1 Å². The fraction of sp³-hybridized carbons (Fsp3) is 0.348. The van der Waals surface area contributed by atoms with Crippen LogP contribution in [0, 0.1) is 0 Å². The molecule has 9 heteroatoms. The van der Waals surface area contributed by atoms with Crippen LogP contribution in [-0.2, 0) is 0 Å². The van der Waals surface area contributed by atoms with Crippen molar-refractivity contribution in [2.24, 2.45) is 5.73 Å². The second-order valence-electron chi connectivity index (χ2n) is 8.06. The normalized spacial score (nSPS) is 17.4. The Morgan fingerprint density at radius 2 is 2.06 bits per heavy atom. The van der Waals surface area contributed by atoms with Gasteiger partial charge < -0.3 is 20.9 Å². The summed E-state index contributed by atoms with van der Waals surface area (Å²) in [6.07, 6.45) is 2.91. The number of imidazole rings is 1. The standard InChI is InChI=1S/C23H25Cl2N5O2/c1-13(21-28-19-8-6-15(24)11-20(19)29-21)27-22(31)14-5-7-17(18(25)10-14)23(32)30-9-3-2-4-16(30)12-26/h5-8,10-11,13,16H,2-4,9,12,26H2,1H3,(H,27,31)(H,28,29). The molecule has 1 saturated heterocycles. The average Bonchev–Trinajstić information content (AvgIpc) is 3.22. The first-order valence-corrected chi connectivity index (χ1v) is 11.4. The fourth-order valence-corrected chi connectivity index (χ4v) is 4.48. The number of carbonyl (C=O) groups is 2. The van der Waals surface area contributed by atoms with E-state index in [1.165, 1.54) is 6.07 Å². The van der Waals surface area contributed by atoms with Gasteiger partial charge in [0.25, 0.3) is 11.8 Å². The number of hydrogen-bond donors (Lipinski definition) is 3.